The van der Waals surface area contributed by atoms with Crippen molar-refractivity contribution in [2.24, 2.45) is 0 Å². The number of nitrogens with one attached hydrogen (secondary N) is 1. The van der Waals surface area contributed by atoms with E-state index < -0.39 is 0 Å². The number of carbonyl (C=O) groups is 1. The maximum atomic E-state index is 12.1. The summed E-state index contributed by atoms with van der Waals surface area (Å²) in [5.41, 5.74) is 5.11. The lowest BCUT2D eigenvalue weighted by atomic mass is 10.1. The molecule has 0 bridgehead atoms. The first kappa shape index (κ1) is 18.2. The average molecular weight is 348 g/mol. The molecule has 0 saturated heterocycles. The second kappa shape index (κ2) is 8.22. The van der Waals surface area contributed by atoms with Crippen molar-refractivity contribution in [3.8, 4) is 0 Å². The molecule has 0 aliphatic carbocycles. The monoisotopic (exact) mass is 348 g/mol. The average Bonchev–Trinajstić information content (AvgIpc) is 3.00. The topological polar surface area (TPSA) is 34.0 Å². The van der Waals surface area contributed by atoms with Crippen molar-refractivity contribution in [3.63, 3.8) is 0 Å². The molecule has 136 valence electrons. The van der Waals surface area contributed by atoms with Gasteiger partial charge in [0.05, 0.1) is 0 Å². The Bertz CT molecular complexity index is 894. The molecule has 3 nitrogen and oxygen atoms in total. The number of aryl methyl sites for hydroxylation is 2. The number of fused-ring (bicyclic) bond motifs is 1. The molecule has 1 atom stereocenters. The van der Waals surface area contributed by atoms with E-state index in [1.807, 2.05) is 6.92 Å². The van der Waals surface area contributed by atoms with Gasteiger partial charge in [0.1, 0.15) is 0 Å². The summed E-state index contributed by atoms with van der Waals surface area (Å²) >= 11 is 0. The van der Waals surface area contributed by atoms with E-state index in [1.165, 1.54) is 27.6 Å². The Hall–Kier alpha value is -2.55. The summed E-state index contributed by atoms with van der Waals surface area (Å²) in [6.07, 6.45) is 4.47. The van der Waals surface area contributed by atoms with Crippen molar-refractivity contribution in [2.45, 2.75) is 52.6 Å². The van der Waals surface area contributed by atoms with Crippen LogP contribution >= 0.6 is 0 Å². The Labute approximate surface area is 156 Å². The van der Waals surface area contributed by atoms with Crippen molar-refractivity contribution in [1.82, 2.24) is 9.88 Å². The Balaban J connectivity index is 1.81. The van der Waals surface area contributed by atoms with E-state index in [1.54, 1.807) is 0 Å². The number of hydrogen-bond acceptors (Lipinski definition) is 1. The third kappa shape index (κ3) is 4.16. The first-order chi connectivity index (χ1) is 12.6. The minimum atomic E-state index is 0.134. The van der Waals surface area contributed by atoms with E-state index >= 15 is 0 Å². The Kier molecular flexibility index (Phi) is 5.77. The zero-order chi connectivity index (χ0) is 18.5. The van der Waals surface area contributed by atoms with Gasteiger partial charge >= 0.3 is 0 Å². The highest BCUT2D eigenvalue weighted by molar-refractivity contribution is 5.85. The molecule has 3 aromatic rings. The van der Waals surface area contributed by atoms with Gasteiger partial charge in [-0.05, 0) is 49.4 Å². The summed E-state index contributed by atoms with van der Waals surface area (Å²) < 4.78 is 2.31. The summed E-state index contributed by atoms with van der Waals surface area (Å²) in [7, 11) is 0. The van der Waals surface area contributed by atoms with E-state index in [4.69, 9.17) is 0 Å². The first-order valence-corrected chi connectivity index (χ1v) is 9.49. The fourth-order valence-corrected chi connectivity index (χ4v) is 3.32. The highest BCUT2D eigenvalue weighted by Crippen LogP contribution is 2.24. The molecule has 1 heterocycles. The van der Waals surface area contributed by atoms with Crippen molar-refractivity contribution in [3.05, 3.63) is 71.4 Å². The Morgan fingerprint density at radius 1 is 1.08 bits per heavy atom. The lowest BCUT2D eigenvalue weighted by Crippen LogP contribution is -2.31. The van der Waals surface area contributed by atoms with Crippen molar-refractivity contribution >= 4 is 16.8 Å². The molecule has 1 N–H and O–H groups in total. The van der Waals surface area contributed by atoms with Gasteiger partial charge in [0.2, 0.25) is 5.91 Å². The van der Waals surface area contributed by atoms with Crippen LogP contribution in [0.5, 0.6) is 0 Å². The largest absolute Gasteiger partial charge is 0.354 e. The summed E-state index contributed by atoms with van der Waals surface area (Å²) in [5, 5.41) is 4.30. The molecule has 0 aliphatic rings. The quantitative estimate of drug-likeness (QED) is 0.651. The molecule has 1 aromatic heterocycles. The fourth-order valence-electron chi connectivity index (χ4n) is 3.32. The number of para-hydroxylation sites is 1. The molecule has 0 radical (unpaired) electrons. The second-order valence-corrected chi connectivity index (χ2v) is 7.10. The molecule has 0 saturated carbocycles. The lowest BCUT2D eigenvalue weighted by Gasteiger charge is -2.10. The van der Waals surface area contributed by atoms with Crippen LogP contribution in [0.1, 0.15) is 43.4 Å². The number of carbonyl (C=O) groups excluding carboxylic acids is 1. The van der Waals surface area contributed by atoms with Gasteiger partial charge in [-0.1, -0.05) is 49.4 Å². The summed E-state index contributed by atoms with van der Waals surface area (Å²) in [4.78, 5) is 12.1. The van der Waals surface area contributed by atoms with Gasteiger partial charge in [0, 0.05) is 36.1 Å². The maximum Gasteiger partial charge on any atom is 0.220 e. The van der Waals surface area contributed by atoms with Gasteiger partial charge in [0.25, 0.3) is 0 Å². The van der Waals surface area contributed by atoms with E-state index in [2.05, 4.69) is 78.5 Å². The highest BCUT2D eigenvalue weighted by atomic mass is 16.1. The summed E-state index contributed by atoms with van der Waals surface area (Å²) in [6.45, 7) is 7.14. The molecule has 0 fully saturated rings. The maximum absolute atomic E-state index is 12.1. The zero-order valence-corrected chi connectivity index (χ0v) is 16.0. The van der Waals surface area contributed by atoms with Gasteiger partial charge < -0.3 is 9.88 Å². The van der Waals surface area contributed by atoms with Gasteiger partial charge in [-0.15, -0.1) is 0 Å². The second-order valence-electron chi connectivity index (χ2n) is 7.10. The fraction of sp³-hybridized carbons (Fsp3) is 0.348. The highest BCUT2D eigenvalue weighted by Gasteiger charge is 2.12. The van der Waals surface area contributed by atoms with Crippen molar-refractivity contribution < 1.29 is 4.79 Å². The van der Waals surface area contributed by atoms with Crippen LogP contribution in [0.25, 0.3) is 10.9 Å². The van der Waals surface area contributed by atoms with E-state index in [9.17, 15) is 4.79 Å². The van der Waals surface area contributed by atoms with Crippen LogP contribution in [0.4, 0.5) is 0 Å². The van der Waals surface area contributed by atoms with Crippen molar-refractivity contribution in [2.75, 3.05) is 0 Å². The molecule has 3 rings (SSSR count). The predicted molar refractivity (Wildman–Crippen MR) is 108 cm³/mol. The number of hydrogen-bond donors (Lipinski definition) is 1. The molecule has 0 unspecified atom stereocenters. The minimum Gasteiger partial charge on any atom is -0.354 e. The minimum absolute atomic E-state index is 0.134. The zero-order valence-electron chi connectivity index (χ0n) is 16.0. The number of amides is 1. The van der Waals surface area contributed by atoms with Gasteiger partial charge in [-0.25, -0.2) is 0 Å². The molecular formula is C23H28N2O. The number of nitrogens with zero attached hydrogens (tertiary/aromatic N) is 1. The van der Waals surface area contributed by atoms with Crippen LogP contribution in [0.15, 0.2) is 54.7 Å². The molecular weight excluding hydrogens is 320 g/mol. The van der Waals surface area contributed by atoms with E-state index in [-0.39, 0.29) is 11.9 Å². The molecule has 26 heavy (non-hydrogen) atoms. The third-order valence-corrected chi connectivity index (χ3v) is 5.11. The van der Waals surface area contributed by atoms with Crippen LogP contribution in [0.2, 0.25) is 0 Å². The molecule has 0 aliphatic heterocycles. The summed E-state index contributed by atoms with van der Waals surface area (Å²) in [5.74, 6) is 0.134. The number of benzene rings is 2. The van der Waals surface area contributed by atoms with Crippen LogP contribution in [0, 0.1) is 6.92 Å². The van der Waals surface area contributed by atoms with E-state index in [0.717, 1.165) is 19.4 Å². The SMILES string of the molecule is CC[C@H](C)NC(=O)CCc1cn(Cc2ccccc2C)c2ccccc12. The van der Waals surface area contributed by atoms with Crippen LogP contribution < -0.4 is 5.32 Å². The predicted octanol–water partition coefficient (Wildman–Crippen LogP) is 4.85. The molecule has 1 amide bonds. The molecule has 2 aromatic carbocycles. The van der Waals surface area contributed by atoms with Crippen LogP contribution in [0.3, 0.4) is 0 Å². The third-order valence-electron chi connectivity index (χ3n) is 5.11. The molecule has 0 spiro atoms. The van der Waals surface area contributed by atoms with Gasteiger partial charge in [0.15, 0.2) is 0 Å². The molecule has 3 heteroatoms. The standard InChI is InChI=1S/C23H28N2O/c1-4-18(3)24-23(26)14-13-20-16-25(22-12-8-7-11-21(20)22)15-19-10-6-5-9-17(19)2/h5-12,16,18H,4,13-15H2,1-3H3,(H,24,26)/t18-/m0/s1. The van der Waals surface area contributed by atoms with Gasteiger partial charge in [-0.3, -0.25) is 4.79 Å². The smallest absolute Gasteiger partial charge is 0.220 e. The number of aromatic nitrogens is 1. The number of rotatable bonds is 7. The Morgan fingerprint density at radius 2 is 1.81 bits per heavy atom. The van der Waals surface area contributed by atoms with Crippen LogP contribution in [-0.4, -0.2) is 16.5 Å². The lowest BCUT2D eigenvalue weighted by molar-refractivity contribution is -0.121. The summed E-state index contributed by atoms with van der Waals surface area (Å²) in [6, 6.07) is 17.2. The Morgan fingerprint density at radius 3 is 2.58 bits per heavy atom. The van der Waals surface area contributed by atoms with E-state index in [0.29, 0.717) is 6.42 Å². The van der Waals surface area contributed by atoms with Gasteiger partial charge in [-0.2, -0.15) is 0 Å². The normalized spacial score (nSPS) is 12.3. The van der Waals surface area contributed by atoms with Crippen LogP contribution in [-0.2, 0) is 17.8 Å². The first-order valence-electron chi connectivity index (χ1n) is 9.49. The van der Waals surface area contributed by atoms with Crippen molar-refractivity contribution in [1.29, 1.82) is 0 Å².